The molecule has 0 fully saturated rings. The number of carboxylic acids is 1. The van der Waals surface area contributed by atoms with Crippen LogP contribution < -0.4 is 0 Å². The van der Waals surface area contributed by atoms with Crippen molar-refractivity contribution < 1.29 is 15.1 Å². The fourth-order valence-electron chi connectivity index (χ4n) is 1.67. The van der Waals surface area contributed by atoms with Crippen LogP contribution in [0.3, 0.4) is 0 Å². The van der Waals surface area contributed by atoms with Crippen molar-refractivity contribution in [3.63, 3.8) is 0 Å². The Morgan fingerprint density at radius 3 is 2.50 bits per heavy atom. The van der Waals surface area contributed by atoms with Gasteiger partial charge in [0.2, 0.25) is 0 Å². The molecule has 2 N–H and O–H groups in total. The van der Waals surface area contributed by atoms with Gasteiger partial charge in [0, 0.05) is 12.0 Å². The summed E-state index contributed by atoms with van der Waals surface area (Å²) in [5.74, 6) is -0.930. The van der Waals surface area contributed by atoms with Crippen LogP contribution in [-0.4, -0.2) is 27.0 Å². The average molecular weight is 311 g/mol. The molecular weight excluding hydrogens is 300 g/mol. The Balaban J connectivity index is 2.16. The highest BCUT2D eigenvalue weighted by molar-refractivity contribution is 7.18. The molecular formula is C13H11ClN2O3S. The number of aliphatic carboxylic acids is 1. The zero-order valence-corrected chi connectivity index (χ0v) is 11.9. The summed E-state index contributed by atoms with van der Waals surface area (Å²) >= 11 is 7.21. The third-order valence-electron chi connectivity index (χ3n) is 2.64. The van der Waals surface area contributed by atoms with Crippen LogP contribution in [0.5, 0.6) is 0 Å². The van der Waals surface area contributed by atoms with Gasteiger partial charge in [-0.05, 0) is 5.56 Å². The molecule has 0 aliphatic heterocycles. The van der Waals surface area contributed by atoms with E-state index in [1.807, 2.05) is 12.1 Å². The Kier molecular flexibility index (Phi) is 4.70. The molecule has 0 unspecified atom stereocenters. The van der Waals surface area contributed by atoms with E-state index in [9.17, 15) is 4.79 Å². The van der Waals surface area contributed by atoms with Crippen LogP contribution in [0.15, 0.2) is 35.6 Å². The largest absolute Gasteiger partial charge is 0.481 e. The van der Waals surface area contributed by atoms with Crippen molar-refractivity contribution >= 4 is 34.6 Å². The second kappa shape index (κ2) is 6.49. The van der Waals surface area contributed by atoms with Gasteiger partial charge in [-0.25, -0.2) is 4.98 Å². The highest BCUT2D eigenvalue weighted by Gasteiger charge is 2.09. The van der Waals surface area contributed by atoms with E-state index in [1.54, 1.807) is 18.3 Å². The number of carboxylic acid groups (broad SMARTS) is 1. The Hall–Kier alpha value is -1.92. The van der Waals surface area contributed by atoms with E-state index < -0.39 is 5.97 Å². The van der Waals surface area contributed by atoms with Crippen LogP contribution in [0.4, 0.5) is 0 Å². The standard InChI is InChI=1S/C13H11ClN2O3S/c14-11-7-15-13(20-11)9-3-1-8(2-4-9)10(16-19)5-6-12(17)18/h1-4,7,19H,5-6H2,(H,17,18)/b16-10+. The molecule has 0 amide bonds. The maximum absolute atomic E-state index is 10.5. The predicted octanol–water partition coefficient (Wildman–Crippen LogP) is 3.51. The summed E-state index contributed by atoms with van der Waals surface area (Å²) in [6, 6.07) is 7.19. The van der Waals surface area contributed by atoms with E-state index in [0.29, 0.717) is 15.6 Å². The van der Waals surface area contributed by atoms with Crippen LogP contribution in [0, 0.1) is 0 Å². The average Bonchev–Trinajstić information content (AvgIpc) is 2.86. The molecule has 0 aliphatic carbocycles. The zero-order chi connectivity index (χ0) is 14.5. The third-order valence-corrected chi connectivity index (χ3v) is 3.80. The minimum atomic E-state index is -0.930. The first-order valence-electron chi connectivity index (χ1n) is 5.75. The number of hydrogen-bond acceptors (Lipinski definition) is 5. The quantitative estimate of drug-likeness (QED) is 0.503. The zero-order valence-electron chi connectivity index (χ0n) is 10.3. The molecule has 0 saturated carbocycles. The summed E-state index contributed by atoms with van der Waals surface area (Å²) in [6.45, 7) is 0. The molecule has 1 aromatic heterocycles. The fourth-order valence-corrected chi connectivity index (χ4v) is 2.59. The molecule has 1 heterocycles. The number of halogens is 1. The molecule has 2 aromatic rings. The first kappa shape index (κ1) is 14.5. The topological polar surface area (TPSA) is 82.8 Å². The molecule has 0 bridgehead atoms. The highest BCUT2D eigenvalue weighted by atomic mass is 35.5. The van der Waals surface area contributed by atoms with Crippen LogP contribution in [0.1, 0.15) is 18.4 Å². The maximum atomic E-state index is 10.5. The van der Waals surface area contributed by atoms with E-state index >= 15 is 0 Å². The monoisotopic (exact) mass is 310 g/mol. The van der Waals surface area contributed by atoms with Gasteiger partial charge in [0.15, 0.2) is 0 Å². The smallest absolute Gasteiger partial charge is 0.303 e. The van der Waals surface area contributed by atoms with Gasteiger partial charge in [0.25, 0.3) is 0 Å². The second-order valence-electron chi connectivity index (χ2n) is 3.99. The summed E-state index contributed by atoms with van der Waals surface area (Å²) in [5.41, 5.74) is 1.93. The van der Waals surface area contributed by atoms with Crippen molar-refractivity contribution in [3.05, 3.63) is 40.4 Å². The molecule has 0 radical (unpaired) electrons. The van der Waals surface area contributed by atoms with Crippen LogP contribution >= 0.6 is 22.9 Å². The van der Waals surface area contributed by atoms with E-state index in [4.69, 9.17) is 21.9 Å². The van der Waals surface area contributed by atoms with Crippen molar-refractivity contribution in [3.8, 4) is 10.6 Å². The van der Waals surface area contributed by atoms with Gasteiger partial charge in [0.1, 0.15) is 9.34 Å². The molecule has 0 aliphatic rings. The number of oxime groups is 1. The number of rotatable bonds is 5. The molecule has 0 saturated heterocycles. The van der Waals surface area contributed by atoms with Gasteiger partial charge >= 0.3 is 5.97 Å². The highest BCUT2D eigenvalue weighted by Crippen LogP contribution is 2.28. The molecule has 1 aromatic carbocycles. The van der Waals surface area contributed by atoms with Crippen molar-refractivity contribution in [1.29, 1.82) is 0 Å². The molecule has 0 spiro atoms. The van der Waals surface area contributed by atoms with Crippen LogP contribution in [0.2, 0.25) is 4.34 Å². The van der Waals surface area contributed by atoms with Crippen molar-refractivity contribution in [2.24, 2.45) is 5.16 Å². The molecule has 5 nitrogen and oxygen atoms in total. The predicted molar refractivity (Wildman–Crippen MR) is 77.8 cm³/mol. The van der Waals surface area contributed by atoms with Gasteiger partial charge < -0.3 is 10.3 Å². The Morgan fingerprint density at radius 2 is 2.00 bits per heavy atom. The Morgan fingerprint density at radius 1 is 1.30 bits per heavy atom. The molecule has 104 valence electrons. The minimum Gasteiger partial charge on any atom is -0.481 e. The van der Waals surface area contributed by atoms with E-state index in [-0.39, 0.29) is 12.8 Å². The first-order valence-corrected chi connectivity index (χ1v) is 6.94. The SMILES string of the molecule is O=C(O)CC/C(=N\O)c1ccc(-c2ncc(Cl)s2)cc1. The van der Waals surface area contributed by atoms with Gasteiger partial charge in [-0.2, -0.15) is 0 Å². The molecule has 2 rings (SSSR count). The number of hydrogen-bond donors (Lipinski definition) is 2. The first-order chi connectivity index (χ1) is 9.60. The number of carbonyl (C=O) groups is 1. The summed E-state index contributed by atoms with van der Waals surface area (Å²) in [7, 11) is 0. The summed E-state index contributed by atoms with van der Waals surface area (Å²) in [6.07, 6.45) is 1.68. The molecule has 7 heteroatoms. The third kappa shape index (κ3) is 3.55. The summed E-state index contributed by atoms with van der Waals surface area (Å²) in [5, 5.41) is 21.5. The number of aromatic nitrogens is 1. The Bertz CT molecular complexity index is 637. The number of thiazole rings is 1. The lowest BCUT2D eigenvalue weighted by atomic mass is 10.0. The minimum absolute atomic E-state index is 0.0801. The summed E-state index contributed by atoms with van der Waals surface area (Å²) in [4.78, 5) is 14.7. The van der Waals surface area contributed by atoms with Gasteiger partial charge in [-0.3, -0.25) is 4.79 Å². The second-order valence-corrected chi connectivity index (χ2v) is 5.65. The van der Waals surface area contributed by atoms with E-state index in [0.717, 1.165) is 10.6 Å². The van der Waals surface area contributed by atoms with E-state index in [1.165, 1.54) is 11.3 Å². The van der Waals surface area contributed by atoms with Gasteiger partial charge in [-0.1, -0.05) is 41.0 Å². The van der Waals surface area contributed by atoms with Gasteiger partial charge in [0.05, 0.1) is 18.3 Å². The fraction of sp³-hybridized carbons (Fsp3) is 0.154. The maximum Gasteiger partial charge on any atom is 0.303 e. The lowest BCUT2D eigenvalue weighted by molar-refractivity contribution is -0.136. The van der Waals surface area contributed by atoms with Gasteiger partial charge in [-0.15, -0.1) is 11.3 Å². The van der Waals surface area contributed by atoms with Crippen molar-refractivity contribution in [1.82, 2.24) is 4.98 Å². The lowest BCUT2D eigenvalue weighted by Crippen LogP contribution is -2.05. The van der Waals surface area contributed by atoms with Crippen molar-refractivity contribution in [2.75, 3.05) is 0 Å². The van der Waals surface area contributed by atoms with Crippen molar-refractivity contribution in [2.45, 2.75) is 12.8 Å². The normalized spacial score (nSPS) is 11.6. The molecule has 0 atom stereocenters. The van der Waals surface area contributed by atoms with E-state index in [2.05, 4.69) is 10.1 Å². The molecule has 20 heavy (non-hydrogen) atoms. The lowest BCUT2D eigenvalue weighted by Gasteiger charge is -2.04. The number of benzene rings is 1. The van der Waals surface area contributed by atoms with Crippen LogP contribution in [-0.2, 0) is 4.79 Å². The Labute approximate surface area is 124 Å². The summed E-state index contributed by atoms with van der Waals surface area (Å²) < 4.78 is 0.614. The van der Waals surface area contributed by atoms with Crippen LogP contribution in [0.25, 0.3) is 10.6 Å². The number of nitrogens with zero attached hydrogens (tertiary/aromatic N) is 2.